The number of hydrogen-bond acceptors (Lipinski definition) is 7. The van der Waals surface area contributed by atoms with E-state index >= 15 is 0 Å². The molecule has 0 aliphatic rings. The first-order valence-electron chi connectivity index (χ1n) is 13.1. The smallest absolute Gasteiger partial charge is 0.324 e. The standard InChI is InChI=1S/C30H31FN8O2/c1-18(2)35-27-14-22(10-11-33-27)41-21-7-9-25(23(31)13-21)36-29(40)37-28-15-26(30(3,4)5)38-39(28)20-6-8-24-19(12-20)16-32-17-34-24/h6-18H,1-5H3,(H,33,35)(H2,36,37,40). The summed E-state index contributed by atoms with van der Waals surface area (Å²) in [6.45, 7) is 10.1. The number of fused-ring (bicyclic) bond motifs is 1. The summed E-state index contributed by atoms with van der Waals surface area (Å²) < 4.78 is 22.4. The van der Waals surface area contributed by atoms with Gasteiger partial charge >= 0.3 is 6.03 Å². The molecule has 0 saturated heterocycles. The summed E-state index contributed by atoms with van der Waals surface area (Å²) in [6, 6.07) is 14.6. The Kier molecular flexibility index (Phi) is 7.52. The van der Waals surface area contributed by atoms with Crippen molar-refractivity contribution in [2.24, 2.45) is 0 Å². The highest BCUT2D eigenvalue weighted by atomic mass is 19.1. The van der Waals surface area contributed by atoms with Crippen molar-refractivity contribution in [2.45, 2.75) is 46.1 Å². The maximum absolute atomic E-state index is 15.0. The molecule has 2 amide bonds. The first-order chi connectivity index (χ1) is 19.5. The molecule has 10 nitrogen and oxygen atoms in total. The lowest BCUT2D eigenvalue weighted by atomic mass is 9.92. The normalized spacial score (nSPS) is 11.5. The van der Waals surface area contributed by atoms with Crippen molar-refractivity contribution in [3.63, 3.8) is 0 Å². The third-order valence-electron chi connectivity index (χ3n) is 6.04. The Balaban J connectivity index is 1.33. The summed E-state index contributed by atoms with van der Waals surface area (Å²) in [5.74, 6) is 1.21. The second-order valence-electron chi connectivity index (χ2n) is 10.8. The van der Waals surface area contributed by atoms with Gasteiger partial charge in [0.25, 0.3) is 0 Å². The Bertz CT molecular complexity index is 1710. The number of anilines is 3. The highest BCUT2D eigenvalue weighted by Gasteiger charge is 2.22. The van der Waals surface area contributed by atoms with Crippen molar-refractivity contribution in [3.8, 4) is 17.2 Å². The fourth-order valence-corrected chi connectivity index (χ4v) is 4.05. The van der Waals surface area contributed by atoms with Crippen LogP contribution in [0.15, 0.2) is 73.3 Å². The highest BCUT2D eigenvalue weighted by molar-refractivity contribution is 5.99. The molecule has 2 aromatic carbocycles. The van der Waals surface area contributed by atoms with Gasteiger partial charge in [-0.05, 0) is 50.2 Å². The minimum absolute atomic E-state index is 0.00305. The number of benzene rings is 2. The zero-order valence-electron chi connectivity index (χ0n) is 23.4. The molecule has 0 aliphatic carbocycles. The third kappa shape index (κ3) is 6.57. The average molecular weight is 555 g/mol. The molecular formula is C30H31FN8O2. The number of nitrogens with one attached hydrogen (secondary N) is 3. The number of aromatic nitrogens is 5. The van der Waals surface area contributed by atoms with Gasteiger partial charge in [-0.1, -0.05) is 20.8 Å². The van der Waals surface area contributed by atoms with Crippen molar-refractivity contribution in [2.75, 3.05) is 16.0 Å². The number of halogens is 1. The molecule has 0 fully saturated rings. The Hall–Kier alpha value is -5.06. The van der Waals surface area contributed by atoms with Gasteiger partial charge in [0.2, 0.25) is 0 Å². The monoisotopic (exact) mass is 554 g/mol. The first kappa shape index (κ1) is 27.5. The second kappa shape index (κ2) is 11.2. The SMILES string of the molecule is CC(C)Nc1cc(Oc2ccc(NC(=O)Nc3cc(C(C)(C)C)nn3-c3ccc4ncncc4c3)c(F)c2)ccn1. The molecule has 0 unspecified atom stereocenters. The van der Waals surface area contributed by atoms with Crippen molar-refractivity contribution in [3.05, 3.63) is 84.8 Å². The van der Waals surface area contributed by atoms with Gasteiger partial charge < -0.3 is 15.4 Å². The number of hydrogen-bond donors (Lipinski definition) is 3. The van der Waals surface area contributed by atoms with Crippen LogP contribution in [0.1, 0.15) is 40.3 Å². The van der Waals surface area contributed by atoms with E-state index in [1.807, 2.05) is 52.8 Å². The van der Waals surface area contributed by atoms with Crippen molar-refractivity contribution < 1.29 is 13.9 Å². The van der Waals surface area contributed by atoms with Gasteiger partial charge in [0.15, 0.2) is 0 Å². The van der Waals surface area contributed by atoms with Gasteiger partial charge in [-0.2, -0.15) is 5.10 Å². The van der Waals surface area contributed by atoms with E-state index in [2.05, 4.69) is 30.9 Å². The van der Waals surface area contributed by atoms with E-state index in [-0.39, 0.29) is 22.9 Å². The van der Waals surface area contributed by atoms with E-state index < -0.39 is 11.8 Å². The minimum atomic E-state index is -0.648. The lowest BCUT2D eigenvalue weighted by molar-refractivity contribution is 0.262. The van der Waals surface area contributed by atoms with Crippen LogP contribution < -0.4 is 20.7 Å². The Labute approximate surface area is 237 Å². The van der Waals surface area contributed by atoms with Crippen LogP contribution in [0.5, 0.6) is 11.5 Å². The summed E-state index contributed by atoms with van der Waals surface area (Å²) >= 11 is 0. The van der Waals surface area contributed by atoms with Crippen LogP contribution in [0.4, 0.5) is 26.5 Å². The number of carbonyl (C=O) groups is 1. The van der Waals surface area contributed by atoms with Crippen LogP contribution in [-0.2, 0) is 5.41 Å². The molecule has 0 atom stereocenters. The number of ether oxygens (including phenoxy) is 1. The van der Waals surface area contributed by atoms with Crippen LogP contribution in [0.3, 0.4) is 0 Å². The number of pyridine rings is 1. The number of rotatable bonds is 7. The summed E-state index contributed by atoms with van der Waals surface area (Å²) in [6.07, 6.45) is 4.81. The fourth-order valence-electron chi connectivity index (χ4n) is 4.05. The number of nitrogens with zero attached hydrogens (tertiary/aromatic N) is 5. The Morgan fingerprint density at radius 1 is 0.976 bits per heavy atom. The Morgan fingerprint density at radius 2 is 1.78 bits per heavy atom. The van der Waals surface area contributed by atoms with Crippen LogP contribution in [0.25, 0.3) is 16.6 Å². The van der Waals surface area contributed by atoms with E-state index in [1.165, 1.54) is 18.5 Å². The van der Waals surface area contributed by atoms with Gasteiger partial charge in [-0.25, -0.2) is 28.8 Å². The van der Waals surface area contributed by atoms with Gasteiger partial charge in [-0.3, -0.25) is 5.32 Å². The van der Waals surface area contributed by atoms with Gasteiger partial charge in [0, 0.05) is 47.4 Å². The second-order valence-corrected chi connectivity index (χ2v) is 10.8. The van der Waals surface area contributed by atoms with E-state index in [0.29, 0.717) is 23.1 Å². The average Bonchev–Trinajstić information content (AvgIpc) is 3.34. The zero-order valence-corrected chi connectivity index (χ0v) is 23.4. The number of amides is 2. The maximum Gasteiger partial charge on any atom is 0.324 e. The Morgan fingerprint density at radius 3 is 2.54 bits per heavy atom. The van der Waals surface area contributed by atoms with Gasteiger partial charge in [-0.15, -0.1) is 0 Å². The molecule has 0 bridgehead atoms. The first-order valence-corrected chi connectivity index (χ1v) is 13.1. The van der Waals surface area contributed by atoms with Gasteiger partial charge in [0.05, 0.1) is 22.6 Å². The van der Waals surface area contributed by atoms with Crippen molar-refractivity contribution in [1.82, 2.24) is 24.7 Å². The molecule has 5 aromatic rings. The predicted molar refractivity (Wildman–Crippen MR) is 157 cm³/mol. The van der Waals surface area contributed by atoms with E-state index in [0.717, 1.165) is 16.6 Å². The summed E-state index contributed by atoms with van der Waals surface area (Å²) in [7, 11) is 0. The largest absolute Gasteiger partial charge is 0.457 e. The quantitative estimate of drug-likeness (QED) is 0.200. The molecule has 5 rings (SSSR count). The number of carbonyl (C=O) groups excluding carboxylic acids is 1. The molecule has 0 aliphatic heterocycles. The van der Waals surface area contributed by atoms with Gasteiger partial charge in [0.1, 0.15) is 35.3 Å². The molecular weight excluding hydrogens is 523 g/mol. The lowest BCUT2D eigenvalue weighted by Gasteiger charge is -2.14. The molecule has 0 radical (unpaired) electrons. The lowest BCUT2D eigenvalue weighted by Crippen LogP contribution is -2.22. The maximum atomic E-state index is 15.0. The third-order valence-corrected chi connectivity index (χ3v) is 6.04. The summed E-state index contributed by atoms with van der Waals surface area (Å²) in [5.41, 5.74) is 2.00. The van der Waals surface area contributed by atoms with E-state index in [4.69, 9.17) is 9.84 Å². The van der Waals surface area contributed by atoms with Crippen molar-refractivity contribution >= 4 is 34.3 Å². The minimum Gasteiger partial charge on any atom is -0.457 e. The number of urea groups is 1. The van der Waals surface area contributed by atoms with Crippen LogP contribution in [0.2, 0.25) is 0 Å². The summed E-state index contributed by atoms with van der Waals surface area (Å²) in [4.78, 5) is 25.6. The molecule has 210 valence electrons. The molecule has 0 spiro atoms. The molecule has 3 aromatic heterocycles. The topological polar surface area (TPSA) is 119 Å². The summed E-state index contributed by atoms with van der Waals surface area (Å²) in [5, 5.41) is 14.2. The van der Waals surface area contributed by atoms with E-state index in [9.17, 15) is 9.18 Å². The molecule has 11 heteroatoms. The molecule has 3 N–H and O–H groups in total. The molecule has 0 saturated carbocycles. The van der Waals surface area contributed by atoms with Crippen LogP contribution >= 0.6 is 0 Å². The van der Waals surface area contributed by atoms with Crippen molar-refractivity contribution in [1.29, 1.82) is 0 Å². The van der Waals surface area contributed by atoms with Crippen LogP contribution in [-0.4, -0.2) is 36.8 Å². The zero-order chi connectivity index (χ0) is 29.1. The highest BCUT2D eigenvalue weighted by Crippen LogP contribution is 2.29. The fraction of sp³-hybridized carbons (Fsp3) is 0.233. The van der Waals surface area contributed by atoms with E-state index in [1.54, 1.807) is 41.3 Å². The van der Waals surface area contributed by atoms with Crippen LogP contribution in [0, 0.1) is 5.82 Å². The molecule has 41 heavy (non-hydrogen) atoms. The molecule has 3 heterocycles. The predicted octanol–water partition coefficient (Wildman–Crippen LogP) is 6.90.